The van der Waals surface area contributed by atoms with E-state index >= 15 is 0 Å². The normalized spacial score (nSPS) is 15.4. The first-order valence-corrected chi connectivity index (χ1v) is 11.4. The predicted octanol–water partition coefficient (Wildman–Crippen LogP) is 5.54. The van der Waals surface area contributed by atoms with Gasteiger partial charge in [0, 0.05) is 22.6 Å². The Morgan fingerprint density at radius 2 is 1.68 bits per heavy atom. The molecule has 2 aromatic carbocycles. The molecular weight excluding hydrogens is 438 g/mol. The van der Waals surface area contributed by atoms with Gasteiger partial charge < -0.3 is 10.2 Å². The molecule has 1 atom stereocenters. The van der Waals surface area contributed by atoms with Gasteiger partial charge in [0.25, 0.3) is 0 Å². The number of amides is 2. The van der Waals surface area contributed by atoms with Crippen LogP contribution >= 0.6 is 23.2 Å². The van der Waals surface area contributed by atoms with E-state index in [0.29, 0.717) is 15.6 Å². The summed E-state index contributed by atoms with van der Waals surface area (Å²) in [5, 5.41) is 3.90. The Hall–Kier alpha value is -2.11. The SMILES string of the molecule is CC(C(=O)NC1CCCCC1)N(Cc1ccc(F)cc1)C(=O)Cc1c(Cl)cccc1Cl. The second-order valence-electron chi connectivity index (χ2n) is 8.04. The molecule has 1 saturated carbocycles. The highest BCUT2D eigenvalue weighted by molar-refractivity contribution is 6.36. The second kappa shape index (κ2) is 11.0. The number of nitrogens with one attached hydrogen (secondary N) is 1. The molecule has 1 aliphatic carbocycles. The zero-order valence-corrected chi connectivity index (χ0v) is 19.1. The Labute approximate surface area is 192 Å². The lowest BCUT2D eigenvalue weighted by Crippen LogP contribution is -2.50. The lowest BCUT2D eigenvalue weighted by Gasteiger charge is -2.31. The van der Waals surface area contributed by atoms with Crippen LogP contribution in [-0.2, 0) is 22.6 Å². The molecule has 0 heterocycles. The fourth-order valence-electron chi connectivity index (χ4n) is 3.89. The van der Waals surface area contributed by atoms with Gasteiger partial charge >= 0.3 is 0 Å². The smallest absolute Gasteiger partial charge is 0.242 e. The topological polar surface area (TPSA) is 49.4 Å². The lowest BCUT2D eigenvalue weighted by atomic mass is 9.95. The van der Waals surface area contributed by atoms with Crippen molar-refractivity contribution in [2.45, 2.75) is 64.1 Å². The van der Waals surface area contributed by atoms with Crippen LogP contribution in [0.15, 0.2) is 42.5 Å². The Balaban J connectivity index is 1.79. The Bertz CT molecular complexity index is 894. The molecule has 1 unspecified atom stereocenters. The van der Waals surface area contributed by atoms with E-state index < -0.39 is 6.04 Å². The molecule has 3 rings (SSSR count). The third kappa shape index (κ3) is 6.44. The van der Waals surface area contributed by atoms with Crippen molar-refractivity contribution in [1.29, 1.82) is 0 Å². The van der Waals surface area contributed by atoms with E-state index in [9.17, 15) is 14.0 Å². The first-order chi connectivity index (χ1) is 14.8. The van der Waals surface area contributed by atoms with Gasteiger partial charge in [-0.3, -0.25) is 9.59 Å². The summed E-state index contributed by atoms with van der Waals surface area (Å²) in [5.41, 5.74) is 1.26. The van der Waals surface area contributed by atoms with Crippen molar-refractivity contribution < 1.29 is 14.0 Å². The number of halogens is 3. The minimum Gasteiger partial charge on any atom is -0.352 e. The molecule has 0 bridgehead atoms. The van der Waals surface area contributed by atoms with Crippen LogP contribution in [0.2, 0.25) is 10.0 Å². The number of carbonyl (C=O) groups excluding carboxylic acids is 2. The molecular formula is C24H27Cl2FN2O2. The third-order valence-corrected chi connectivity index (χ3v) is 6.48. The van der Waals surface area contributed by atoms with E-state index in [1.165, 1.54) is 23.5 Å². The van der Waals surface area contributed by atoms with Crippen LogP contribution in [0.1, 0.15) is 50.2 Å². The summed E-state index contributed by atoms with van der Waals surface area (Å²) in [6, 6.07) is 10.4. The molecule has 1 N–H and O–H groups in total. The standard InChI is InChI=1S/C24H27Cl2FN2O2/c1-16(24(31)28-19-6-3-2-4-7-19)29(15-17-10-12-18(27)13-11-17)23(30)14-20-21(25)8-5-9-22(20)26/h5,8-13,16,19H,2-4,6-7,14-15H2,1H3,(H,28,31). The van der Waals surface area contributed by atoms with Crippen LogP contribution in [0, 0.1) is 5.82 Å². The molecule has 0 spiro atoms. The summed E-state index contributed by atoms with van der Waals surface area (Å²) >= 11 is 12.5. The molecule has 2 amide bonds. The van der Waals surface area contributed by atoms with Crippen molar-refractivity contribution in [2.75, 3.05) is 0 Å². The molecule has 0 aromatic heterocycles. The van der Waals surface area contributed by atoms with Gasteiger partial charge in [0.1, 0.15) is 11.9 Å². The molecule has 1 fully saturated rings. The van der Waals surface area contributed by atoms with E-state index in [4.69, 9.17) is 23.2 Å². The minimum absolute atomic E-state index is 0.0270. The van der Waals surface area contributed by atoms with Gasteiger partial charge in [-0.25, -0.2) is 4.39 Å². The maximum atomic E-state index is 13.3. The fourth-order valence-corrected chi connectivity index (χ4v) is 4.42. The summed E-state index contributed by atoms with van der Waals surface area (Å²) in [6.45, 7) is 1.90. The Kier molecular flexibility index (Phi) is 8.33. The van der Waals surface area contributed by atoms with Gasteiger partial charge in [-0.1, -0.05) is 60.7 Å². The zero-order valence-electron chi connectivity index (χ0n) is 17.5. The van der Waals surface area contributed by atoms with E-state index in [1.54, 1.807) is 37.3 Å². The van der Waals surface area contributed by atoms with Crippen LogP contribution in [0.3, 0.4) is 0 Å². The van der Waals surface area contributed by atoms with Crippen molar-refractivity contribution in [1.82, 2.24) is 10.2 Å². The van der Waals surface area contributed by atoms with Gasteiger partial charge in [-0.15, -0.1) is 0 Å². The number of hydrogen-bond acceptors (Lipinski definition) is 2. The average molecular weight is 465 g/mol. The van der Waals surface area contributed by atoms with Crippen LogP contribution < -0.4 is 5.32 Å². The van der Waals surface area contributed by atoms with Crippen molar-refractivity contribution >= 4 is 35.0 Å². The first kappa shape index (κ1) is 23.6. The fraction of sp³-hybridized carbons (Fsp3) is 0.417. The lowest BCUT2D eigenvalue weighted by molar-refractivity contribution is -0.140. The quantitative estimate of drug-likeness (QED) is 0.584. The highest BCUT2D eigenvalue weighted by Gasteiger charge is 2.29. The van der Waals surface area contributed by atoms with E-state index in [-0.39, 0.29) is 36.6 Å². The second-order valence-corrected chi connectivity index (χ2v) is 8.86. The molecule has 0 saturated heterocycles. The van der Waals surface area contributed by atoms with Crippen LogP contribution in [0.25, 0.3) is 0 Å². The van der Waals surface area contributed by atoms with Gasteiger partial charge in [0.2, 0.25) is 11.8 Å². The first-order valence-electron chi connectivity index (χ1n) is 10.6. The highest BCUT2D eigenvalue weighted by Crippen LogP contribution is 2.26. The molecule has 166 valence electrons. The van der Waals surface area contributed by atoms with E-state index in [0.717, 1.165) is 31.2 Å². The van der Waals surface area contributed by atoms with Gasteiger partial charge in [-0.05, 0) is 55.2 Å². The van der Waals surface area contributed by atoms with Gasteiger partial charge in [0.05, 0.1) is 6.42 Å². The largest absolute Gasteiger partial charge is 0.352 e. The van der Waals surface area contributed by atoms with Crippen molar-refractivity contribution in [3.8, 4) is 0 Å². The summed E-state index contributed by atoms with van der Waals surface area (Å²) in [7, 11) is 0. The molecule has 2 aromatic rings. The van der Waals surface area contributed by atoms with Crippen molar-refractivity contribution in [3.63, 3.8) is 0 Å². The van der Waals surface area contributed by atoms with Crippen LogP contribution in [0.5, 0.6) is 0 Å². The molecule has 1 aliphatic rings. The number of benzene rings is 2. The van der Waals surface area contributed by atoms with Crippen molar-refractivity contribution in [2.24, 2.45) is 0 Å². The van der Waals surface area contributed by atoms with Gasteiger partial charge in [-0.2, -0.15) is 0 Å². The maximum absolute atomic E-state index is 13.3. The van der Waals surface area contributed by atoms with Crippen LogP contribution in [-0.4, -0.2) is 28.8 Å². The monoisotopic (exact) mass is 464 g/mol. The predicted molar refractivity (Wildman–Crippen MR) is 122 cm³/mol. The van der Waals surface area contributed by atoms with Crippen LogP contribution in [0.4, 0.5) is 4.39 Å². The number of hydrogen-bond donors (Lipinski definition) is 1. The Morgan fingerprint density at radius 3 is 2.29 bits per heavy atom. The molecule has 0 radical (unpaired) electrons. The highest BCUT2D eigenvalue weighted by atomic mass is 35.5. The summed E-state index contributed by atoms with van der Waals surface area (Å²) in [4.78, 5) is 27.8. The summed E-state index contributed by atoms with van der Waals surface area (Å²) < 4.78 is 13.3. The molecule has 4 nitrogen and oxygen atoms in total. The van der Waals surface area contributed by atoms with Gasteiger partial charge in [0.15, 0.2) is 0 Å². The molecule has 7 heteroatoms. The van der Waals surface area contributed by atoms with Crippen molar-refractivity contribution in [3.05, 3.63) is 69.5 Å². The maximum Gasteiger partial charge on any atom is 0.242 e. The number of carbonyl (C=O) groups is 2. The number of rotatable bonds is 7. The third-order valence-electron chi connectivity index (χ3n) is 5.77. The zero-order chi connectivity index (χ0) is 22.4. The molecule has 31 heavy (non-hydrogen) atoms. The average Bonchev–Trinajstić information content (AvgIpc) is 2.76. The van der Waals surface area contributed by atoms with E-state index in [1.807, 2.05) is 0 Å². The summed E-state index contributed by atoms with van der Waals surface area (Å²) in [6.07, 6.45) is 5.28. The molecule has 0 aliphatic heterocycles. The summed E-state index contributed by atoms with van der Waals surface area (Å²) in [5.74, 6) is -0.814. The van der Waals surface area contributed by atoms with E-state index in [2.05, 4.69) is 5.32 Å². The number of nitrogens with zero attached hydrogens (tertiary/aromatic N) is 1. The minimum atomic E-state index is -0.694. The Morgan fingerprint density at radius 1 is 1.06 bits per heavy atom.